The quantitative estimate of drug-likeness (QED) is 0.489. The first kappa shape index (κ1) is 13.7. The molecule has 0 heterocycles. The van der Waals surface area contributed by atoms with Gasteiger partial charge in [0, 0.05) is 0 Å². The summed E-state index contributed by atoms with van der Waals surface area (Å²) in [6.07, 6.45) is 5.45. The summed E-state index contributed by atoms with van der Waals surface area (Å²) in [5.41, 5.74) is 0.665. The Balaban J connectivity index is 3.46. The Kier molecular flexibility index (Phi) is 5.43. The molecule has 14 heavy (non-hydrogen) atoms. The molecule has 0 aromatic rings. The van der Waals surface area contributed by atoms with Crippen molar-refractivity contribution in [1.82, 2.24) is 0 Å². The van der Waals surface area contributed by atoms with Gasteiger partial charge in [-0.05, 0) is 17.3 Å². The molecule has 0 aromatic carbocycles. The number of hydrogen-bond acceptors (Lipinski definition) is 1. The van der Waals surface area contributed by atoms with Crippen LogP contribution >= 0.6 is 0 Å². The van der Waals surface area contributed by atoms with Gasteiger partial charge in [0.05, 0.1) is 13.2 Å². The lowest BCUT2D eigenvalue weighted by molar-refractivity contribution is 0.0908. The molecule has 0 saturated carbocycles. The van der Waals surface area contributed by atoms with Crippen LogP contribution in [0.2, 0.25) is 0 Å². The molecular formula is C13H26O. The monoisotopic (exact) mass is 198 g/mol. The van der Waals surface area contributed by atoms with Crippen LogP contribution in [0, 0.1) is 10.8 Å². The molecule has 0 N–H and O–H groups in total. The molecular weight excluding hydrogens is 172 g/mol. The van der Waals surface area contributed by atoms with Crippen LogP contribution in [0.3, 0.4) is 0 Å². The van der Waals surface area contributed by atoms with Crippen molar-refractivity contribution in [1.29, 1.82) is 0 Å². The van der Waals surface area contributed by atoms with Crippen LogP contribution in [0.25, 0.3) is 0 Å². The predicted molar refractivity (Wildman–Crippen MR) is 63.5 cm³/mol. The Morgan fingerprint density at radius 3 is 1.86 bits per heavy atom. The van der Waals surface area contributed by atoms with Crippen LogP contribution in [-0.4, -0.2) is 13.2 Å². The van der Waals surface area contributed by atoms with Gasteiger partial charge in [0.1, 0.15) is 0 Å². The third-order valence-corrected chi connectivity index (χ3v) is 1.65. The van der Waals surface area contributed by atoms with Gasteiger partial charge in [-0.2, -0.15) is 0 Å². The third kappa shape index (κ3) is 11.7. The van der Waals surface area contributed by atoms with E-state index in [1.807, 2.05) is 0 Å². The molecule has 0 atom stereocenters. The van der Waals surface area contributed by atoms with Crippen molar-refractivity contribution >= 4 is 0 Å². The van der Waals surface area contributed by atoms with E-state index in [-0.39, 0.29) is 5.41 Å². The molecule has 0 bridgehead atoms. The molecule has 0 fully saturated rings. The van der Waals surface area contributed by atoms with Gasteiger partial charge in [-0.15, -0.1) is 0 Å². The summed E-state index contributed by atoms with van der Waals surface area (Å²) in [6, 6.07) is 0. The molecule has 0 rings (SSSR count). The molecule has 0 aliphatic rings. The average molecular weight is 198 g/mol. The first-order chi connectivity index (χ1) is 6.21. The van der Waals surface area contributed by atoms with Gasteiger partial charge < -0.3 is 4.74 Å². The van der Waals surface area contributed by atoms with Gasteiger partial charge in [0.2, 0.25) is 0 Å². The molecule has 0 radical (unpaired) electrons. The molecule has 0 saturated heterocycles. The lowest BCUT2D eigenvalue weighted by atomic mass is 9.92. The lowest BCUT2D eigenvalue weighted by Gasteiger charge is -2.17. The Bertz CT molecular complexity index is 167. The number of rotatable bonds is 4. The Morgan fingerprint density at radius 2 is 1.43 bits per heavy atom. The van der Waals surface area contributed by atoms with Crippen LogP contribution in [0.4, 0.5) is 0 Å². The second-order valence-corrected chi connectivity index (χ2v) is 6.31. The Labute approximate surface area is 89.5 Å². The smallest absolute Gasteiger partial charge is 0.0647 e. The zero-order chi connectivity index (χ0) is 11.2. The van der Waals surface area contributed by atoms with Crippen molar-refractivity contribution in [2.75, 3.05) is 13.2 Å². The van der Waals surface area contributed by atoms with Crippen molar-refractivity contribution in [2.24, 2.45) is 10.8 Å². The van der Waals surface area contributed by atoms with Crippen molar-refractivity contribution in [3.63, 3.8) is 0 Å². The van der Waals surface area contributed by atoms with E-state index in [0.29, 0.717) is 5.41 Å². The van der Waals surface area contributed by atoms with Gasteiger partial charge in [-0.1, -0.05) is 53.7 Å². The number of allylic oxidation sites excluding steroid dienone is 1. The van der Waals surface area contributed by atoms with Crippen LogP contribution < -0.4 is 0 Å². The normalized spacial score (nSPS) is 13.9. The fourth-order valence-corrected chi connectivity index (χ4v) is 0.938. The molecule has 0 unspecified atom stereocenters. The van der Waals surface area contributed by atoms with Crippen LogP contribution in [0.1, 0.15) is 48.0 Å². The van der Waals surface area contributed by atoms with E-state index < -0.39 is 0 Å². The van der Waals surface area contributed by atoms with E-state index in [2.05, 4.69) is 53.7 Å². The van der Waals surface area contributed by atoms with E-state index in [1.54, 1.807) is 0 Å². The van der Waals surface area contributed by atoms with Gasteiger partial charge in [-0.3, -0.25) is 0 Å². The maximum atomic E-state index is 5.53. The average Bonchev–Trinajstić information content (AvgIpc) is 1.92. The molecule has 0 amide bonds. The first-order valence-electron chi connectivity index (χ1n) is 5.43. The molecule has 0 aromatic heterocycles. The predicted octanol–water partition coefficient (Wildman–Crippen LogP) is 4.04. The second-order valence-electron chi connectivity index (χ2n) is 6.31. The lowest BCUT2D eigenvalue weighted by Crippen LogP contribution is -2.14. The fourth-order valence-electron chi connectivity index (χ4n) is 0.938. The highest BCUT2D eigenvalue weighted by atomic mass is 16.5. The van der Waals surface area contributed by atoms with Crippen LogP contribution in [0.15, 0.2) is 12.2 Å². The molecule has 1 heteroatoms. The van der Waals surface area contributed by atoms with E-state index >= 15 is 0 Å². The van der Waals surface area contributed by atoms with Gasteiger partial charge in [0.25, 0.3) is 0 Å². The highest BCUT2D eigenvalue weighted by molar-refractivity contribution is 4.85. The standard InChI is InChI=1S/C13H26O/c1-12(2,3)9-7-8-10-14-11-13(4,5)6/h7-8H,9-11H2,1-6H3/b8-7-. The zero-order valence-electron chi connectivity index (χ0n) is 10.7. The van der Waals surface area contributed by atoms with Crippen molar-refractivity contribution < 1.29 is 4.74 Å². The van der Waals surface area contributed by atoms with Crippen LogP contribution in [-0.2, 0) is 4.74 Å². The minimum absolute atomic E-state index is 0.276. The fraction of sp³-hybridized carbons (Fsp3) is 0.846. The summed E-state index contributed by atoms with van der Waals surface area (Å²) < 4.78 is 5.53. The van der Waals surface area contributed by atoms with E-state index in [0.717, 1.165) is 19.6 Å². The highest BCUT2D eigenvalue weighted by Crippen LogP contribution is 2.18. The topological polar surface area (TPSA) is 9.23 Å². The summed E-state index contributed by atoms with van der Waals surface area (Å²) in [7, 11) is 0. The van der Waals surface area contributed by atoms with E-state index in [1.165, 1.54) is 0 Å². The first-order valence-corrected chi connectivity index (χ1v) is 5.43. The van der Waals surface area contributed by atoms with E-state index in [9.17, 15) is 0 Å². The number of ether oxygens (including phenoxy) is 1. The summed E-state index contributed by atoms with van der Waals surface area (Å²) in [4.78, 5) is 0. The molecule has 0 spiro atoms. The summed E-state index contributed by atoms with van der Waals surface area (Å²) >= 11 is 0. The third-order valence-electron chi connectivity index (χ3n) is 1.65. The van der Waals surface area contributed by atoms with Crippen molar-refractivity contribution in [2.45, 2.75) is 48.0 Å². The highest BCUT2D eigenvalue weighted by Gasteiger charge is 2.09. The van der Waals surface area contributed by atoms with Crippen molar-refractivity contribution in [3.05, 3.63) is 12.2 Å². The molecule has 1 nitrogen and oxygen atoms in total. The number of hydrogen-bond donors (Lipinski definition) is 0. The maximum absolute atomic E-state index is 5.53. The van der Waals surface area contributed by atoms with Crippen molar-refractivity contribution in [3.8, 4) is 0 Å². The second kappa shape index (κ2) is 5.55. The summed E-state index contributed by atoms with van der Waals surface area (Å²) in [5, 5.41) is 0. The maximum Gasteiger partial charge on any atom is 0.0647 e. The molecule has 0 aliphatic heterocycles. The van der Waals surface area contributed by atoms with Gasteiger partial charge in [-0.25, -0.2) is 0 Å². The Hall–Kier alpha value is -0.300. The van der Waals surface area contributed by atoms with E-state index in [4.69, 9.17) is 4.74 Å². The summed E-state index contributed by atoms with van der Waals surface area (Å²) in [6.45, 7) is 14.9. The largest absolute Gasteiger partial charge is 0.377 e. The molecule has 84 valence electrons. The van der Waals surface area contributed by atoms with Gasteiger partial charge >= 0.3 is 0 Å². The minimum Gasteiger partial charge on any atom is -0.377 e. The Morgan fingerprint density at radius 1 is 0.857 bits per heavy atom. The molecule has 0 aliphatic carbocycles. The summed E-state index contributed by atoms with van der Waals surface area (Å²) in [5.74, 6) is 0. The van der Waals surface area contributed by atoms with Crippen LogP contribution in [0.5, 0.6) is 0 Å². The SMILES string of the molecule is CC(C)(C)C/C=C\COCC(C)(C)C. The van der Waals surface area contributed by atoms with Gasteiger partial charge in [0.15, 0.2) is 0 Å². The minimum atomic E-state index is 0.276. The zero-order valence-corrected chi connectivity index (χ0v) is 10.7.